The molecule has 0 aliphatic heterocycles. The molecular formula is C14H7BrClFN2OS. The summed E-state index contributed by atoms with van der Waals surface area (Å²) in [4.78, 5) is 12.8. The summed E-state index contributed by atoms with van der Waals surface area (Å²) in [6, 6.07) is 7.43. The van der Waals surface area contributed by atoms with Gasteiger partial charge in [-0.3, -0.25) is 4.79 Å². The Balaban J connectivity index is 2.19. The Labute approximate surface area is 137 Å². The van der Waals surface area contributed by atoms with Gasteiger partial charge in [-0.25, -0.2) is 4.39 Å². The maximum Gasteiger partial charge on any atom is 0.266 e. The monoisotopic (exact) mass is 384 g/mol. The zero-order valence-corrected chi connectivity index (χ0v) is 13.5. The van der Waals surface area contributed by atoms with Gasteiger partial charge < -0.3 is 5.32 Å². The molecule has 0 radical (unpaired) electrons. The van der Waals surface area contributed by atoms with E-state index in [2.05, 4.69) is 21.2 Å². The molecule has 1 N–H and O–H groups in total. The van der Waals surface area contributed by atoms with Gasteiger partial charge in [-0.2, -0.15) is 5.26 Å². The van der Waals surface area contributed by atoms with Crippen LogP contribution in [0.25, 0.3) is 6.08 Å². The summed E-state index contributed by atoms with van der Waals surface area (Å²) < 4.78 is 13.9. The summed E-state index contributed by atoms with van der Waals surface area (Å²) in [7, 11) is 0. The Kier molecular flexibility index (Phi) is 5.12. The van der Waals surface area contributed by atoms with E-state index in [1.165, 1.54) is 29.5 Å². The number of amides is 1. The molecule has 106 valence electrons. The quantitative estimate of drug-likeness (QED) is 0.606. The number of thiophene rings is 1. The van der Waals surface area contributed by atoms with Crippen LogP contribution in [0.2, 0.25) is 5.02 Å². The second-order valence-corrected chi connectivity index (χ2v) is 6.19. The molecule has 0 saturated heterocycles. The number of hydrogen-bond donors (Lipinski definition) is 1. The Bertz CT molecular complexity index is 767. The molecule has 0 saturated carbocycles. The van der Waals surface area contributed by atoms with Gasteiger partial charge in [0.1, 0.15) is 17.5 Å². The lowest BCUT2D eigenvalue weighted by Crippen LogP contribution is -2.13. The SMILES string of the molecule is N#CC(=Cc1cc(Br)cs1)C(=O)Nc1ccc(F)c(Cl)c1. The van der Waals surface area contributed by atoms with Crippen LogP contribution in [-0.4, -0.2) is 5.91 Å². The Hall–Kier alpha value is -1.68. The molecule has 7 heteroatoms. The lowest BCUT2D eigenvalue weighted by molar-refractivity contribution is -0.112. The standard InChI is InChI=1S/C14H7BrClFN2OS/c15-9-4-11(21-7-9)3-8(6-18)14(20)19-10-1-2-13(17)12(16)5-10/h1-5,7H,(H,19,20). The highest BCUT2D eigenvalue weighted by atomic mass is 79.9. The molecule has 1 aromatic carbocycles. The smallest absolute Gasteiger partial charge is 0.266 e. The molecule has 0 atom stereocenters. The number of carbonyl (C=O) groups excluding carboxylic acids is 1. The Morgan fingerprint density at radius 3 is 2.81 bits per heavy atom. The van der Waals surface area contributed by atoms with Crippen LogP contribution in [0.4, 0.5) is 10.1 Å². The molecule has 2 rings (SSSR count). The lowest BCUT2D eigenvalue weighted by atomic mass is 10.2. The van der Waals surface area contributed by atoms with Crippen LogP contribution in [0.15, 0.2) is 39.7 Å². The molecule has 1 aromatic heterocycles. The van der Waals surface area contributed by atoms with Gasteiger partial charge in [0.15, 0.2) is 0 Å². The van der Waals surface area contributed by atoms with Crippen molar-refractivity contribution in [3.05, 3.63) is 55.4 Å². The van der Waals surface area contributed by atoms with Crippen molar-refractivity contribution in [2.75, 3.05) is 5.32 Å². The average molecular weight is 386 g/mol. The van der Waals surface area contributed by atoms with Crippen molar-refractivity contribution in [1.82, 2.24) is 0 Å². The summed E-state index contributed by atoms with van der Waals surface area (Å²) in [5, 5.41) is 13.3. The van der Waals surface area contributed by atoms with Crippen molar-refractivity contribution in [3.8, 4) is 6.07 Å². The first-order chi connectivity index (χ1) is 9.99. The van der Waals surface area contributed by atoms with Crippen LogP contribution in [0.1, 0.15) is 4.88 Å². The normalized spacial score (nSPS) is 11.0. The molecule has 0 fully saturated rings. The molecule has 0 unspecified atom stereocenters. The van der Waals surface area contributed by atoms with E-state index in [-0.39, 0.29) is 10.6 Å². The largest absolute Gasteiger partial charge is 0.321 e. The highest BCUT2D eigenvalue weighted by Gasteiger charge is 2.11. The van der Waals surface area contributed by atoms with Crippen molar-refractivity contribution >= 4 is 56.5 Å². The minimum Gasteiger partial charge on any atom is -0.321 e. The van der Waals surface area contributed by atoms with Gasteiger partial charge >= 0.3 is 0 Å². The Morgan fingerprint density at radius 2 is 2.24 bits per heavy atom. The number of halogens is 3. The molecule has 2 aromatic rings. The Morgan fingerprint density at radius 1 is 1.48 bits per heavy atom. The van der Waals surface area contributed by atoms with Gasteiger partial charge in [-0.1, -0.05) is 11.6 Å². The van der Waals surface area contributed by atoms with E-state index in [4.69, 9.17) is 16.9 Å². The minimum atomic E-state index is -0.579. The molecule has 0 spiro atoms. The topological polar surface area (TPSA) is 52.9 Å². The van der Waals surface area contributed by atoms with E-state index >= 15 is 0 Å². The summed E-state index contributed by atoms with van der Waals surface area (Å²) in [5.41, 5.74) is 0.268. The highest BCUT2D eigenvalue weighted by molar-refractivity contribution is 9.10. The average Bonchev–Trinajstić information content (AvgIpc) is 2.85. The zero-order valence-electron chi connectivity index (χ0n) is 10.4. The number of nitrogens with one attached hydrogen (secondary N) is 1. The van der Waals surface area contributed by atoms with E-state index in [0.717, 1.165) is 15.4 Å². The first-order valence-corrected chi connectivity index (χ1v) is 7.67. The molecular weight excluding hydrogens is 379 g/mol. The lowest BCUT2D eigenvalue weighted by Gasteiger charge is -2.04. The number of rotatable bonds is 3. The molecule has 1 heterocycles. The molecule has 21 heavy (non-hydrogen) atoms. The summed E-state index contributed by atoms with van der Waals surface area (Å²) in [5.74, 6) is -1.15. The summed E-state index contributed by atoms with van der Waals surface area (Å²) in [6.45, 7) is 0. The van der Waals surface area contributed by atoms with Crippen molar-refractivity contribution in [2.24, 2.45) is 0 Å². The fourth-order valence-electron chi connectivity index (χ4n) is 1.47. The van der Waals surface area contributed by atoms with Crippen molar-refractivity contribution in [2.45, 2.75) is 0 Å². The van der Waals surface area contributed by atoms with Crippen LogP contribution in [-0.2, 0) is 4.79 Å². The van der Waals surface area contributed by atoms with Gasteiger partial charge in [0.25, 0.3) is 5.91 Å². The number of nitriles is 1. The number of hydrogen-bond acceptors (Lipinski definition) is 3. The molecule has 0 aliphatic carbocycles. The van der Waals surface area contributed by atoms with E-state index in [1.54, 1.807) is 6.07 Å². The van der Waals surface area contributed by atoms with Crippen LogP contribution < -0.4 is 5.32 Å². The van der Waals surface area contributed by atoms with Gasteiger partial charge in [0.2, 0.25) is 0 Å². The predicted molar refractivity (Wildman–Crippen MR) is 85.6 cm³/mol. The number of carbonyl (C=O) groups is 1. The van der Waals surface area contributed by atoms with E-state index < -0.39 is 11.7 Å². The van der Waals surface area contributed by atoms with Crippen LogP contribution in [0.3, 0.4) is 0 Å². The number of anilines is 1. The summed E-state index contributed by atoms with van der Waals surface area (Å²) in [6.07, 6.45) is 1.48. The van der Waals surface area contributed by atoms with E-state index in [0.29, 0.717) is 5.69 Å². The van der Waals surface area contributed by atoms with Gasteiger partial charge in [-0.05, 0) is 46.3 Å². The van der Waals surface area contributed by atoms with Crippen molar-refractivity contribution in [1.29, 1.82) is 5.26 Å². The summed E-state index contributed by atoms with van der Waals surface area (Å²) >= 11 is 10.3. The first-order valence-electron chi connectivity index (χ1n) is 5.62. The van der Waals surface area contributed by atoms with Crippen molar-refractivity contribution < 1.29 is 9.18 Å². The van der Waals surface area contributed by atoms with E-state index in [9.17, 15) is 9.18 Å². The van der Waals surface area contributed by atoms with Gasteiger partial charge in [0, 0.05) is 20.4 Å². The second kappa shape index (κ2) is 6.85. The minimum absolute atomic E-state index is 0.0511. The molecule has 0 bridgehead atoms. The van der Waals surface area contributed by atoms with Gasteiger partial charge in [-0.15, -0.1) is 11.3 Å². The third kappa shape index (κ3) is 4.14. The second-order valence-electron chi connectivity index (χ2n) is 3.92. The maximum absolute atomic E-state index is 13.0. The van der Waals surface area contributed by atoms with Crippen LogP contribution >= 0.6 is 38.9 Å². The van der Waals surface area contributed by atoms with Crippen LogP contribution in [0.5, 0.6) is 0 Å². The maximum atomic E-state index is 13.0. The fraction of sp³-hybridized carbons (Fsp3) is 0. The highest BCUT2D eigenvalue weighted by Crippen LogP contribution is 2.23. The molecule has 0 aliphatic rings. The molecule has 3 nitrogen and oxygen atoms in total. The van der Waals surface area contributed by atoms with Crippen LogP contribution in [0, 0.1) is 17.1 Å². The van der Waals surface area contributed by atoms with E-state index in [1.807, 2.05) is 11.4 Å². The first kappa shape index (κ1) is 15.7. The number of benzene rings is 1. The zero-order chi connectivity index (χ0) is 15.4. The predicted octanol–water partition coefficient (Wildman–Crippen LogP) is 4.85. The van der Waals surface area contributed by atoms with Gasteiger partial charge in [0.05, 0.1) is 5.02 Å². The number of nitrogens with zero attached hydrogens (tertiary/aromatic N) is 1. The van der Waals surface area contributed by atoms with Crippen molar-refractivity contribution in [3.63, 3.8) is 0 Å². The fourth-order valence-corrected chi connectivity index (χ4v) is 3.02. The third-order valence-corrected chi connectivity index (χ3v) is 4.35. The molecule has 1 amide bonds. The third-order valence-electron chi connectivity index (χ3n) is 2.42.